The molecule has 1 aliphatic heterocycles. The summed E-state index contributed by atoms with van der Waals surface area (Å²) in [6, 6.07) is 4.72. The highest BCUT2D eigenvalue weighted by atomic mass is 35.5. The number of imide groups is 1. The van der Waals surface area contributed by atoms with Gasteiger partial charge < -0.3 is 9.84 Å². The van der Waals surface area contributed by atoms with Gasteiger partial charge in [0.2, 0.25) is 0 Å². The van der Waals surface area contributed by atoms with Gasteiger partial charge in [-0.1, -0.05) is 24.8 Å². The highest BCUT2D eigenvalue weighted by Gasteiger charge is 2.72. The zero-order valence-electron chi connectivity index (χ0n) is 13.8. The topological polar surface area (TPSA) is 66.8 Å². The van der Waals surface area contributed by atoms with Crippen molar-refractivity contribution in [2.24, 2.45) is 0 Å². The van der Waals surface area contributed by atoms with E-state index in [9.17, 15) is 14.7 Å². The first-order chi connectivity index (χ1) is 11.7. The summed E-state index contributed by atoms with van der Waals surface area (Å²) in [7, 11) is 2.80. The van der Waals surface area contributed by atoms with Crippen molar-refractivity contribution in [2.75, 3.05) is 14.2 Å². The fourth-order valence-electron chi connectivity index (χ4n) is 3.63. The Labute approximate surface area is 155 Å². The van der Waals surface area contributed by atoms with Crippen LogP contribution >= 0.6 is 23.2 Å². The molecule has 1 aromatic rings. The number of methoxy groups -OCH3 is 1. The molecule has 0 aromatic heterocycles. The molecule has 1 N–H and O–H groups in total. The summed E-state index contributed by atoms with van der Waals surface area (Å²) in [6.07, 6.45) is 3.46. The third kappa shape index (κ3) is 2.15. The molecular formula is C18H17Cl2NO4. The molecular weight excluding hydrogens is 365 g/mol. The van der Waals surface area contributed by atoms with Crippen LogP contribution in [0.5, 0.6) is 11.5 Å². The molecule has 3 rings (SSSR count). The van der Waals surface area contributed by atoms with Crippen molar-refractivity contribution in [1.82, 2.24) is 4.90 Å². The van der Waals surface area contributed by atoms with Crippen LogP contribution in [-0.4, -0.2) is 45.7 Å². The van der Waals surface area contributed by atoms with Crippen LogP contribution in [0.1, 0.15) is 17.9 Å². The highest BCUT2D eigenvalue weighted by molar-refractivity contribution is 6.53. The lowest BCUT2D eigenvalue weighted by Crippen LogP contribution is -2.54. The van der Waals surface area contributed by atoms with E-state index in [1.165, 1.54) is 20.2 Å². The molecule has 132 valence electrons. The first-order valence-electron chi connectivity index (χ1n) is 7.62. The predicted octanol–water partition coefficient (Wildman–Crippen LogP) is 2.95. The van der Waals surface area contributed by atoms with Crippen molar-refractivity contribution in [3.8, 4) is 11.5 Å². The van der Waals surface area contributed by atoms with Gasteiger partial charge in [0, 0.05) is 13.0 Å². The smallest absolute Gasteiger partial charge is 0.253 e. The zero-order chi connectivity index (χ0) is 18.6. The number of nitrogens with zero attached hydrogens (tertiary/aromatic N) is 1. The number of benzene rings is 1. The molecule has 0 bridgehead atoms. The summed E-state index contributed by atoms with van der Waals surface area (Å²) in [6.45, 7) is 3.78. The Morgan fingerprint density at radius 1 is 1.36 bits per heavy atom. The molecule has 1 fully saturated rings. The average Bonchev–Trinajstić information content (AvgIpc) is 2.73. The SMILES string of the molecule is C=CC1=CCC2(Cl)C(=O)N(C)C(=O)C2(Cl)C1c1ccc(OC)c(O)c1. The quantitative estimate of drug-likeness (QED) is 0.645. The van der Waals surface area contributed by atoms with Crippen LogP contribution in [0, 0.1) is 0 Å². The number of likely N-dealkylation sites (tertiary alicyclic amines) is 1. The van der Waals surface area contributed by atoms with Crippen molar-refractivity contribution in [2.45, 2.75) is 22.1 Å². The van der Waals surface area contributed by atoms with Crippen LogP contribution in [0.3, 0.4) is 0 Å². The Kier molecular flexibility index (Phi) is 4.12. The van der Waals surface area contributed by atoms with Gasteiger partial charge in [-0.15, -0.1) is 23.2 Å². The lowest BCUT2D eigenvalue weighted by Gasteiger charge is -2.42. The number of carbonyl (C=O) groups is 2. The molecule has 1 heterocycles. The van der Waals surface area contributed by atoms with Crippen LogP contribution in [0.25, 0.3) is 0 Å². The molecule has 1 saturated heterocycles. The van der Waals surface area contributed by atoms with Crippen LogP contribution < -0.4 is 4.74 Å². The normalized spacial score (nSPS) is 31.6. The fraction of sp³-hybridized carbons (Fsp3) is 0.333. The molecule has 25 heavy (non-hydrogen) atoms. The molecule has 1 aromatic carbocycles. The largest absolute Gasteiger partial charge is 0.504 e. The van der Waals surface area contributed by atoms with E-state index in [4.69, 9.17) is 27.9 Å². The summed E-state index contributed by atoms with van der Waals surface area (Å²) >= 11 is 13.4. The highest BCUT2D eigenvalue weighted by Crippen LogP contribution is 2.59. The number of aromatic hydroxyl groups is 1. The number of phenolic OH excluding ortho intramolecular Hbond substituents is 1. The Balaban J connectivity index is 2.25. The van der Waals surface area contributed by atoms with Crippen LogP contribution in [0.4, 0.5) is 0 Å². The second kappa shape index (κ2) is 5.78. The third-order valence-electron chi connectivity index (χ3n) is 4.96. The van der Waals surface area contributed by atoms with Crippen molar-refractivity contribution in [3.63, 3.8) is 0 Å². The van der Waals surface area contributed by atoms with E-state index in [-0.39, 0.29) is 17.9 Å². The second-order valence-corrected chi connectivity index (χ2v) is 7.40. The van der Waals surface area contributed by atoms with E-state index in [2.05, 4.69) is 6.58 Å². The summed E-state index contributed by atoms with van der Waals surface area (Å²) < 4.78 is 5.05. The van der Waals surface area contributed by atoms with Gasteiger partial charge in [-0.2, -0.15) is 0 Å². The van der Waals surface area contributed by atoms with E-state index in [1.807, 2.05) is 0 Å². The average molecular weight is 382 g/mol. The van der Waals surface area contributed by atoms with Crippen LogP contribution in [-0.2, 0) is 9.59 Å². The number of alkyl halides is 2. The van der Waals surface area contributed by atoms with Gasteiger partial charge in [0.15, 0.2) is 21.2 Å². The lowest BCUT2D eigenvalue weighted by atomic mass is 9.68. The number of hydrogen-bond acceptors (Lipinski definition) is 4. The monoisotopic (exact) mass is 381 g/mol. The molecule has 2 aliphatic rings. The number of halogens is 2. The van der Waals surface area contributed by atoms with Gasteiger partial charge in [0.25, 0.3) is 11.8 Å². The number of amides is 2. The third-order valence-corrected chi connectivity index (χ3v) is 6.37. The first kappa shape index (κ1) is 17.8. The minimum absolute atomic E-state index is 0.0976. The number of phenols is 1. The van der Waals surface area contributed by atoms with Gasteiger partial charge in [-0.05, 0) is 29.7 Å². The van der Waals surface area contributed by atoms with Crippen molar-refractivity contribution < 1.29 is 19.4 Å². The van der Waals surface area contributed by atoms with Crippen molar-refractivity contribution in [1.29, 1.82) is 0 Å². The fourth-order valence-corrected chi connectivity index (χ4v) is 4.56. The van der Waals surface area contributed by atoms with Gasteiger partial charge in [-0.25, -0.2) is 0 Å². The first-order valence-corrected chi connectivity index (χ1v) is 8.37. The Bertz CT molecular complexity index is 821. The maximum absolute atomic E-state index is 12.9. The van der Waals surface area contributed by atoms with E-state index in [0.717, 1.165) is 4.90 Å². The maximum atomic E-state index is 12.9. The molecule has 1 aliphatic carbocycles. The molecule has 0 saturated carbocycles. The van der Waals surface area contributed by atoms with Crippen LogP contribution in [0.2, 0.25) is 0 Å². The number of allylic oxidation sites excluding steroid dienone is 3. The second-order valence-electron chi connectivity index (χ2n) is 6.16. The van der Waals surface area contributed by atoms with Gasteiger partial charge >= 0.3 is 0 Å². The molecule has 7 heteroatoms. The number of fused-ring (bicyclic) bond motifs is 1. The maximum Gasteiger partial charge on any atom is 0.253 e. The van der Waals surface area contributed by atoms with Gasteiger partial charge in [0.1, 0.15) is 0 Å². The van der Waals surface area contributed by atoms with E-state index in [1.54, 1.807) is 24.3 Å². The number of hydrogen-bond donors (Lipinski definition) is 1. The molecule has 5 nitrogen and oxygen atoms in total. The summed E-state index contributed by atoms with van der Waals surface area (Å²) in [5.74, 6) is -1.65. The molecule has 3 unspecified atom stereocenters. The standard InChI is InChI=1S/C18H17Cl2NO4/c1-4-10-7-8-17(19)15(23)21(2)16(24)18(17,20)14(10)11-5-6-13(25-3)12(22)9-11/h4-7,9,14,22H,1,8H2,2-3H3. The molecule has 2 amide bonds. The number of carbonyl (C=O) groups excluding carboxylic acids is 2. The molecule has 0 spiro atoms. The Morgan fingerprint density at radius 2 is 2.04 bits per heavy atom. The van der Waals surface area contributed by atoms with Crippen molar-refractivity contribution >= 4 is 35.0 Å². The Morgan fingerprint density at radius 3 is 2.60 bits per heavy atom. The number of rotatable bonds is 3. The minimum Gasteiger partial charge on any atom is -0.504 e. The lowest BCUT2D eigenvalue weighted by molar-refractivity contribution is -0.137. The van der Waals surface area contributed by atoms with E-state index < -0.39 is 27.5 Å². The van der Waals surface area contributed by atoms with E-state index >= 15 is 0 Å². The van der Waals surface area contributed by atoms with E-state index in [0.29, 0.717) is 11.1 Å². The van der Waals surface area contributed by atoms with Gasteiger partial charge in [-0.3, -0.25) is 14.5 Å². The van der Waals surface area contributed by atoms with Crippen molar-refractivity contribution in [3.05, 3.63) is 48.1 Å². The van der Waals surface area contributed by atoms with Gasteiger partial charge in [0.05, 0.1) is 7.11 Å². The summed E-state index contributed by atoms with van der Waals surface area (Å²) in [4.78, 5) is 23.1. The minimum atomic E-state index is -1.71. The zero-order valence-corrected chi connectivity index (χ0v) is 15.3. The summed E-state index contributed by atoms with van der Waals surface area (Å²) in [5.41, 5.74) is 1.22. The summed E-state index contributed by atoms with van der Waals surface area (Å²) in [5, 5.41) is 10.1. The molecule has 3 atom stereocenters. The molecule has 0 radical (unpaired) electrons. The number of ether oxygens (including phenoxy) is 1. The predicted molar refractivity (Wildman–Crippen MR) is 95.2 cm³/mol. The Hall–Kier alpha value is -1.98. The van der Waals surface area contributed by atoms with Crippen LogP contribution in [0.15, 0.2) is 42.5 Å².